The first-order chi connectivity index (χ1) is 12.7. The van der Waals surface area contributed by atoms with Crippen molar-refractivity contribution in [2.75, 3.05) is 18.0 Å². The van der Waals surface area contributed by atoms with Crippen LogP contribution in [0, 0.1) is 6.92 Å². The number of piperidine rings is 1. The van der Waals surface area contributed by atoms with E-state index >= 15 is 0 Å². The van der Waals surface area contributed by atoms with E-state index in [1.807, 2.05) is 23.5 Å². The minimum atomic E-state index is 0.564. The Morgan fingerprint density at radius 2 is 1.85 bits per heavy atom. The Hall–Kier alpha value is -1.69. The molecular weight excluding hydrogens is 382 g/mol. The zero-order valence-electron chi connectivity index (χ0n) is 14.4. The Labute approximate surface area is 165 Å². The van der Waals surface area contributed by atoms with Crippen molar-refractivity contribution in [3.05, 3.63) is 52.0 Å². The Morgan fingerprint density at radius 3 is 2.65 bits per heavy atom. The van der Waals surface area contributed by atoms with Gasteiger partial charge in [0.2, 0.25) is 0 Å². The van der Waals surface area contributed by atoms with Crippen LogP contribution in [0.25, 0.3) is 20.4 Å². The fourth-order valence-electron chi connectivity index (χ4n) is 3.66. The van der Waals surface area contributed by atoms with Gasteiger partial charge in [0.05, 0.1) is 25.4 Å². The van der Waals surface area contributed by atoms with Crippen LogP contribution in [0.4, 0.5) is 5.13 Å². The molecule has 2 aromatic heterocycles. The molecule has 2 aromatic carbocycles. The van der Waals surface area contributed by atoms with Gasteiger partial charge >= 0.3 is 0 Å². The summed E-state index contributed by atoms with van der Waals surface area (Å²) < 4.78 is 2.47. The SMILES string of the molecule is Cc1cc(Cl)cc2sc(N3CCC(c4nc5ccccc5s4)CC3)nc12. The van der Waals surface area contributed by atoms with Crippen molar-refractivity contribution < 1.29 is 0 Å². The van der Waals surface area contributed by atoms with Gasteiger partial charge in [-0.15, -0.1) is 11.3 Å². The maximum Gasteiger partial charge on any atom is 0.186 e. The summed E-state index contributed by atoms with van der Waals surface area (Å²) >= 11 is 9.80. The Balaban J connectivity index is 1.36. The summed E-state index contributed by atoms with van der Waals surface area (Å²) in [5.74, 6) is 0.564. The van der Waals surface area contributed by atoms with E-state index in [1.165, 1.54) is 14.4 Å². The number of halogens is 1. The van der Waals surface area contributed by atoms with Crippen molar-refractivity contribution in [2.24, 2.45) is 0 Å². The molecule has 3 nitrogen and oxygen atoms in total. The molecule has 0 spiro atoms. The molecule has 0 bridgehead atoms. The molecule has 1 aliphatic heterocycles. The van der Waals surface area contributed by atoms with E-state index in [1.54, 1.807) is 11.3 Å². The van der Waals surface area contributed by atoms with Crippen molar-refractivity contribution in [1.82, 2.24) is 9.97 Å². The number of hydrogen-bond donors (Lipinski definition) is 0. The predicted molar refractivity (Wildman–Crippen MR) is 113 cm³/mol. The summed E-state index contributed by atoms with van der Waals surface area (Å²) in [5, 5.41) is 3.20. The number of para-hydroxylation sites is 1. The van der Waals surface area contributed by atoms with E-state index in [9.17, 15) is 0 Å². The molecule has 0 unspecified atom stereocenters. The number of rotatable bonds is 2. The molecule has 0 radical (unpaired) electrons. The lowest BCUT2D eigenvalue weighted by atomic mass is 9.98. The van der Waals surface area contributed by atoms with E-state index in [0.717, 1.165) is 52.7 Å². The first-order valence-electron chi connectivity index (χ1n) is 8.84. The number of aromatic nitrogens is 2. The van der Waals surface area contributed by atoms with Crippen molar-refractivity contribution in [3.63, 3.8) is 0 Å². The summed E-state index contributed by atoms with van der Waals surface area (Å²) in [4.78, 5) is 12.2. The van der Waals surface area contributed by atoms with Crippen LogP contribution in [0.15, 0.2) is 36.4 Å². The minimum Gasteiger partial charge on any atom is -0.348 e. The molecule has 0 N–H and O–H groups in total. The number of aryl methyl sites for hydroxylation is 1. The summed E-state index contributed by atoms with van der Waals surface area (Å²) in [7, 11) is 0. The van der Waals surface area contributed by atoms with Gasteiger partial charge in [0.15, 0.2) is 5.13 Å². The van der Waals surface area contributed by atoms with Crippen molar-refractivity contribution in [1.29, 1.82) is 0 Å². The second-order valence-corrected chi connectivity index (χ2v) is 9.35. The van der Waals surface area contributed by atoms with Crippen molar-refractivity contribution >= 4 is 59.8 Å². The second-order valence-electron chi connectivity index (χ2n) is 6.85. The van der Waals surface area contributed by atoms with Gasteiger partial charge < -0.3 is 4.90 Å². The van der Waals surface area contributed by atoms with Crippen LogP contribution in [0.2, 0.25) is 5.02 Å². The summed E-state index contributed by atoms with van der Waals surface area (Å²) in [6.45, 7) is 4.15. The van der Waals surface area contributed by atoms with Gasteiger partial charge in [-0.3, -0.25) is 0 Å². The van der Waals surface area contributed by atoms with Crippen LogP contribution in [-0.4, -0.2) is 23.1 Å². The summed E-state index contributed by atoms with van der Waals surface area (Å²) in [5.41, 5.74) is 3.37. The monoisotopic (exact) mass is 399 g/mol. The highest BCUT2D eigenvalue weighted by Gasteiger charge is 2.25. The lowest BCUT2D eigenvalue weighted by Gasteiger charge is -2.30. The molecule has 4 aromatic rings. The number of benzene rings is 2. The van der Waals surface area contributed by atoms with Crippen LogP contribution in [0.3, 0.4) is 0 Å². The maximum absolute atomic E-state index is 6.20. The molecule has 3 heterocycles. The highest BCUT2D eigenvalue weighted by molar-refractivity contribution is 7.22. The molecular formula is C20H18ClN3S2. The number of fused-ring (bicyclic) bond motifs is 2. The fraction of sp³-hybridized carbons (Fsp3) is 0.300. The Bertz CT molecular complexity index is 1060. The highest BCUT2D eigenvalue weighted by Crippen LogP contribution is 2.38. The lowest BCUT2D eigenvalue weighted by Crippen LogP contribution is -2.32. The van der Waals surface area contributed by atoms with E-state index < -0.39 is 0 Å². The van der Waals surface area contributed by atoms with Crippen LogP contribution in [0.5, 0.6) is 0 Å². The van der Waals surface area contributed by atoms with E-state index in [-0.39, 0.29) is 0 Å². The second kappa shape index (κ2) is 6.48. The molecule has 6 heteroatoms. The van der Waals surface area contributed by atoms with Gasteiger partial charge in [0, 0.05) is 24.0 Å². The predicted octanol–water partition coefficient (Wildman–Crippen LogP) is 6.25. The number of anilines is 1. The Morgan fingerprint density at radius 1 is 1.04 bits per heavy atom. The third-order valence-electron chi connectivity index (χ3n) is 5.06. The van der Waals surface area contributed by atoms with Crippen molar-refractivity contribution in [3.8, 4) is 0 Å². The molecule has 26 heavy (non-hydrogen) atoms. The number of thiazole rings is 2. The van der Waals surface area contributed by atoms with Gasteiger partial charge in [-0.05, 0) is 49.6 Å². The molecule has 0 aliphatic carbocycles. The van der Waals surface area contributed by atoms with Crippen LogP contribution in [-0.2, 0) is 0 Å². The zero-order valence-corrected chi connectivity index (χ0v) is 16.8. The zero-order chi connectivity index (χ0) is 17.7. The molecule has 1 fully saturated rings. The van der Waals surface area contributed by atoms with Gasteiger partial charge in [0.25, 0.3) is 0 Å². The van der Waals surface area contributed by atoms with Crippen molar-refractivity contribution in [2.45, 2.75) is 25.7 Å². The first kappa shape index (κ1) is 16.5. The number of hydrogen-bond acceptors (Lipinski definition) is 5. The molecule has 0 atom stereocenters. The highest BCUT2D eigenvalue weighted by atomic mass is 35.5. The van der Waals surface area contributed by atoms with Gasteiger partial charge in [-0.25, -0.2) is 9.97 Å². The maximum atomic E-state index is 6.20. The first-order valence-corrected chi connectivity index (χ1v) is 10.9. The van der Waals surface area contributed by atoms with E-state index in [4.69, 9.17) is 21.6 Å². The smallest absolute Gasteiger partial charge is 0.186 e. The largest absolute Gasteiger partial charge is 0.348 e. The molecule has 0 saturated carbocycles. The average Bonchev–Trinajstić information content (AvgIpc) is 3.26. The molecule has 1 aliphatic rings. The average molecular weight is 400 g/mol. The summed E-state index contributed by atoms with van der Waals surface area (Å²) in [6, 6.07) is 12.5. The topological polar surface area (TPSA) is 29.0 Å². The molecule has 1 saturated heterocycles. The third-order valence-corrected chi connectivity index (χ3v) is 7.54. The summed E-state index contributed by atoms with van der Waals surface area (Å²) in [6.07, 6.45) is 2.27. The standard InChI is InChI=1S/C20H18ClN3S2/c1-12-10-14(21)11-17-18(12)23-20(26-17)24-8-6-13(7-9-24)19-22-15-4-2-3-5-16(15)25-19/h2-5,10-11,13H,6-9H2,1H3. The fourth-order valence-corrected chi connectivity index (χ4v) is 6.27. The van der Waals surface area contributed by atoms with E-state index in [0.29, 0.717) is 5.92 Å². The van der Waals surface area contributed by atoms with Gasteiger partial charge in [-0.2, -0.15) is 0 Å². The quantitative estimate of drug-likeness (QED) is 0.398. The minimum absolute atomic E-state index is 0.564. The molecule has 0 amide bonds. The normalized spacial score (nSPS) is 16.0. The van der Waals surface area contributed by atoms with Crippen LogP contribution >= 0.6 is 34.3 Å². The van der Waals surface area contributed by atoms with Gasteiger partial charge in [-0.1, -0.05) is 35.1 Å². The lowest BCUT2D eigenvalue weighted by molar-refractivity contribution is 0.504. The molecule has 5 rings (SSSR count). The third kappa shape index (κ3) is 2.88. The van der Waals surface area contributed by atoms with Gasteiger partial charge in [0.1, 0.15) is 0 Å². The van der Waals surface area contributed by atoms with E-state index in [2.05, 4.69) is 36.1 Å². The molecule has 132 valence electrons. The Kier molecular flexibility index (Phi) is 4.11. The number of nitrogens with zero attached hydrogens (tertiary/aromatic N) is 3. The van der Waals surface area contributed by atoms with Crippen LogP contribution in [0.1, 0.15) is 29.3 Å². The van der Waals surface area contributed by atoms with Crippen LogP contribution < -0.4 is 4.90 Å².